The number of rotatable bonds is 4. The summed E-state index contributed by atoms with van der Waals surface area (Å²) >= 11 is 5.85. The molecule has 2 rings (SSSR count). The van der Waals surface area contributed by atoms with E-state index in [0.717, 1.165) is 24.9 Å². The van der Waals surface area contributed by atoms with Crippen LogP contribution in [0.2, 0.25) is 5.02 Å². The molecule has 0 aromatic heterocycles. The van der Waals surface area contributed by atoms with E-state index in [9.17, 15) is 4.79 Å². The van der Waals surface area contributed by atoms with Gasteiger partial charge in [0.2, 0.25) is 0 Å². The highest BCUT2D eigenvalue weighted by atomic mass is 35.5. The maximum absolute atomic E-state index is 11.1. The van der Waals surface area contributed by atoms with Crippen molar-refractivity contribution < 1.29 is 9.90 Å². The van der Waals surface area contributed by atoms with E-state index in [1.54, 1.807) is 12.1 Å². The fraction of sp³-hybridized carbons (Fsp3) is 0.417. The Bertz CT molecular complexity index is 390. The predicted octanol–water partition coefficient (Wildman–Crippen LogP) is 3.01. The van der Waals surface area contributed by atoms with E-state index in [0.29, 0.717) is 5.02 Å². The van der Waals surface area contributed by atoms with Crippen molar-refractivity contribution in [3.8, 4) is 0 Å². The first-order valence-electron chi connectivity index (χ1n) is 5.42. The average molecular weight is 240 g/mol. The SMILES string of the molecule is O=C(O)C(Nc1cccc(Cl)c1)C1CCC1. The lowest BCUT2D eigenvalue weighted by Crippen LogP contribution is -2.40. The number of halogens is 1. The minimum Gasteiger partial charge on any atom is -0.480 e. The van der Waals surface area contributed by atoms with Crippen LogP contribution in [0.1, 0.15) is 19.3 Å². The highest BCUT2D eigenvalue weighted by molar-refractivity contribution is 6.30. The summed E-state index contributed by atoms with van der Waals surface area (Å²) in [7, 11) is 0. The molecule has 1 aromatic rings. The Morgan fingerprint density at radius 1 is 1.50 bits per heavy atom. The van der Waals surface area contributed by atoms with E-state index in [2.05, 4.69) is 5.32 Å². The number of hydrogen-bond acceptors (Lipinski definition) is 2. The molecule has 1 saturated carbocycles. The molecule has 0 heterocycles. The van der Waals surface area contributed by atoms with Gasteiger partial charge in [-0.15, -0.1) is 0 Å². The van der Waals surface area contributed by atoms with Crippen LogP contribution in [0.4, 0.5) is 5.69 Å². The van der Waals surface area contributed by atoms with E-state index in [4.69, 9.17) is 16.7 Å². The maximum atomic E-state index is 11.1. The van der Waals surface area contributed by atoms with Crippen molar-refractivity contribution in [2.75, 3.05) is 5.32 Å². The van der Waals surface area contributed by atoms with Gasteiger partial charge in [-0.05, 0) is 37.0 Å². The summed E-state index contributed by atoms with van der Waals surface area (Å²) in [6, 6.07) is 6.67. The molecule has 1 aromatic carbocycles. The van der Waals surface area contributed by atoms with Gasteiger partial charge in [0.15, 0.2) is 0 Å². The lowest BCUT2D eigenvalue weighted by atomic mass is 9.79. The molecule has 86 valence electrons. The van der Waals surface area contributed by atoms with Crippen molar-refractivity contribution in [1.29, 1.82) is 0 Å². The van der Waals surface area contributed by atoms with Crippen LogP contribution in [0.25, 0.3) is 0 Å². The molecule has 16 heavy (non-hydrogen) atoms. The van der Waals surface area contributed by atoms with Gasteiger partial charge < -0.3 is 10.4 Å². The molecule has 1 unspecified atom stereocenters. The molecule has 1 fully saturated rings. The summed E-state index contributed by atoms with van der Waals surface area (Å²) in [5.41, 5.74) is 0.770. The zero-order valence-corrected chi connectivity index (χ0v) is 9.57. The average Bonchev–Trinajstić information content (AvgIpc) is 2.14. The van der Waals surface area contributed by atoms with Gasteiger partial charge in [-0.3, -0.25) is 0 Å². The molecule has 3 nitrogen and oxygen atoms in total. The van der Waals surface area contributed by atoms with Gasteiger partial charge in [-0.1, -0.05) is 24.1 Å². The summed E-state index contributed by atoms with van der Waals surface area (Å²) in [6.07, 6.45) is 3.11. The first-order valence-corrected chi connectivity index (χ1v) is 5.79. The van der Waals surface area contributed by atoms with Crippen molar-refractivity contribution >= 4 is 23.3 Å². The van der Waals surface area contributed by atoms with Crippen LogP contribution in [0.5, 0.6) is 0 Å². The van der Waals surface area contributed by atoms with Crippen LogP contribution in [-0.4, -0.2) is 17.1 Å². The van der Waals surface area contributed by atoms with Crippen molar-refractivity contribution in [3.05, 3.63) is 29.3 Å². The van der Waals surface area contributed by atoms with Crippen molar-refractivity contribution in [3.63, 3.8) is 0 Å². The zero-order chi connectivity index (χ0) is 11.5. The Kier molecular flexibility index (Phi) is 3.34. The van der Waals surface area contributed by atoms with E-state index in [1.807, 2.05) is 12.1 Å². The Balaban J connectivity index is 2.07. The first-order chi connectivity index (χ1) is 7.66. The molecular weight excluding hydrogens is 226 g/mol. The third-order valence-electron chi connectivity index (χ3n) is 3.03. The van der Waals surface area contributed by atoms with Gasteiger partial charge in [0, 0.05) is 10.7 Å². The molecule has 1 atom stereocenters. The lowest BCUT2D eigenvalue weighted by Gasteiger charge is -2.32. The monoisotopic (exact) mass is 239 g/mol. The molecule has 0 amide bonds. The molecule has 1 aliphatic rings. The van der Waals surface area contributed by atoms with E-state index in [-0.39, 0.29) is 5.92 Å². The van der Waals surface area contributed by atoms with Crippen molar-refractivity contribution in [2.24, 2.45) is 5.92 Å². The highest BCUT2D eigenvalue weighted by Gasteiger charge is 2.32. The molecule has 0 spiro atoms. The smallest absolute Gasteiger partial charge is 0.326 e. The Labute approximate surface area is 99.4 Å². The van der Waals surface area contributed by atoms with Crippen LogP contribution in [0.15, 0.2) is 24.3 Å². The largest absolute Gasteiger partial charge is 0.480 e. The van der Waals surface area contributed by atoms with Crippen molar-refractivity contribution in [1.82, 2.24) is 0 Å². The quantitative estimate of drug-likeness (QED) is 0.849. The third-order valence-corrected chi connectivity index (χ3v) is 3.27. The fourth-order valence-electron chi connectivity index (χ4n) is 1.91. The van der Waals surface area contributed by atoms with E-state index >= 15 is 0 Å². The van der Waals surface area contributed by atoms with Gasteiger partial charge >= 0.3 is 5.97 Å². The molecule has 1 aliphatic carbocycles. The Hall–Kier alpha value is -1.22. The summed E-state index contributed by atoms with van der Waals surface area (Å²) in [5.74, 6) is -0.541. The van der Waals surface area contributed by atoms with Gasteiger partial charge in [0.25, 0.3) is 0 Å². The topological polar surface area (TPSA) is 49.3 Å². The van der Waals surface area contributed by atoms with Crippen LogP contribution in [0.3, 0.4) is 0 Å². The number of aliphatic carboxylic acids is 1. The minimum absolute atomic E-state index is 0.247. The lowest BCUT2D eigenvalue weighted by molar-refractivity contribution is -0.139. The number of carboxylic acids is 1. The minimum atomic E-state index is -0.787. The number of carbonyl (C=O) groups is 1. The van der Waals surface area contributed by atoms with Crippen LogP contribution >= 0.6 is 11.6 Å². The molecule has 2 N–H and O–H groups in total. The zero-order valence-electron chi connectivity index (χ0n) is 8.82. The summed E-state index contributed by atoms with van der Waals surface area (Å²) < 4.78 is 0. The van der Waals surface area contributed by atoms with Crippen LogP contribution < -0.4 is 5.32 Å². The number of hydrogen-bond donors (Lipinski definition) is 2. The number of anilines is 1. The second-order valence-electron chi connectivity index (χ2n) is 4.16. The first kappa shape index (κ1) is 11.3. The standard InChI is InChI=1S/C12H14ClNO2/c13-9-5-2-6-10(7-9)14-11(12(15)16)8-3-1-4-8/h2,5-8,11,14H,1,3-4H2,(H,15,16). The number of nitrogens with one attached hydrogen (secondary N) is 1. The predicted molar refractivity (Wildman–Crippen MR) is 63.8 cm³/mol. The Morgan fingerprint density at radius 2 is 2.25 bits per heavy atom. The van der Waals surface area contributed by atoms with Crippen LogP contribution in [0, 0.1) is 5.92 Å². The normalized spacial score (nSPS) is 17.6. The van der Waals surface area contributed by atoms with Gasteiger partial charge in [0.05, 0.1) is 0 Å². The number of carboxylic acid groups (broad SMARTS) is 1. The maximum Gasteiger partial charge on any atom is 0.326 e. The molecule has 0 aliphatic heterocycles. The third kappa shape index (κ3) is 2.47. The highest BCUT2D eigenvalue weighted by Crippen LogP contribution is 2.31. The molecule has 0 radical (unpaired) electrons. The second-order valence-corrected chi connectivity index (χ2v) is 4.60. The van der Waals surface area contributed by atoms with Gasteiger partial charge in [-0.2, -0.15) is 0 Å². The van der Waals surface area contributed by atoms with E-state index < -0.39 is 12.0 Å². The molecule has 0 saturated heterocycles. The van der Waals surface area contributed by atoms with E-state index in [1.165, 1.54) is 0 Å². The fourth-order valence-corrected chi connectivity index (χ4v) is 2.10. The van der Waals surface area contributed by atoms with Gasteiger partial charge in [-0.25, -0.2) is 4.79 Å². The second kappa shape index (κ2) is 4.74. The molecular formula is C12H14ClNO2. The number of benzene rings is 1. The Morgan fingerprint density at radius 3 is 2.75 bits per heavy atom. The van der Waals surface area contributed by atoms with Crippen molar-refractivity contribution in [2.45, 2.75) is 25.3 Å². The van der Waals surface area contributed by atoms with Crippen LogP contribution in [-0.2, 0) is 4.79 Å². The summed E-state index contributed by atoms with van der Waals surface area (Å²) in [6.45, 7) is 0. The summed E-state index contributed by atoms with van der Waals surface area (Å²) in [4.78, 5) is 11.1. The van der Waals surface area contributed by atoms with Gasteiger partial charge in [0.1, 0.15) is 6.04 Å². The molecule has 4 heteroatoms. The summed E-state index contributed by atoms with van der Waals surface area (Å²) in [5, 5.41) is 12.8. The molecule has 0 bridgehead atoms.